The zero-order valence-corrected chi connectivity index (χ0v) is 13.9. The highest BCUT2D eigenvalue weighted by molar-refractivity contribution is 7.11. The molecule has 21 heavy (non-hydrogen) atoms. The molecular formula is C15H11Cl2NOS2. The van der Waals surface area contributed by atoms with Crippen molar-refractivity contribution in [3.63, 3.8) is 0 Å². The number of anilines is 1. The molecule has 0 atom stereocenters. The highest BCUT2D eigenvalue weighted by Gasteiger charge is 2.17. The van der Waals surface area contributed by atoms with E-state index >= 15 is 0 Å². The average Bonchev–Trinajstić information content (AvgIpc) is 3.14. The first-order valence-electron chi connectivity index (χ1n) is 6.16. The molecule has 3 aromatic rings. The second-order valence-electron chi connectivity index (χ2n) is 4.40. The van der Waals surface area contributed by atoms with Gasteiger partial charge in [0.15, 0.2) is 5.75 Å². The average molecular weight is 356 g/mol. The van der Waals surface area contributed by atoms with Crippen LogP contribution in [0.2, 0.25) is 10.0 Å². The molecule has 0 fully saturated rings. The summed E-state index contributed by atoms with van der Waals surface area (Å²) in [5.41, 5.74) is 0.773. The number of halogens is 2. The van der Waals surface area contributed by atoms with Gasteiger partial charge in [-0.3, -0.25) is 0 Å². The van der Waals surface area contributed by atoms with Crippen molar-refractivity contribution < 1.29 is 5.11 Å². The zero-order valence-electron chi connectivity index (χ0n) is 10.7. The van der Waals surface area contributed by atoms with Crippen LogP contribution in [0.15, 0.2) is 47.2 Å². The maximum Gasteiger partial charge on any atom is 0.152 e. The van der Waals surface area contributed by atoms with Crippen molar-refractivity contribution in [1.29, 1.82) is 0 Å². The van der Waals surface area contributed by atoms with Gasteiger partial charge in [0.1, 0.15) is 0 Å². The highest BCUT2D eigenvalue weighted by Crippen LogP contribution is 2.38. The first kappa shape index (κ1) is 14.7. The summed E-state index contributed by atoms with van der Waals surface area (Å²) in [7, 11) is 0. The van der Waals surface area contributed by atoms with Crippen LogP contribution in [0, 0.1) is 0 Å². The molecule has 0 saturated heterocycles. The Morgan fingerprint density at radius 3 is 1.90 bits per heavy atom. The number of thiophene rings is 2. The number of hydrogen-bond donors (Lipinski definition) is 2. The van der Waals surface area contributed by atoms with Crippen LogP contribution in [0.25, 0.3) is 0 Å². The standard InChI is InChI=1S/C15H11Cl2NOS2/c16-10-7-9(8-11(17)15(10)19)18-14(12-3-1-5-20-12)13-4-2-6-21-13/h1-8,14,18-19H. The van der Waals surface area contributed by atoms with E-state index < -0.39 is 0 Å². The van der Waals surface area contributed by atoms with Gasteiger partial charge in [-0.2, -0.15) is 0 Å². The van der Waals surface area contributed by atoms with Crippen LogP contribution in [0.5, 0.6) is 5.75 Å². The van der Waals surface area contributed by atoms with Gasteiger partial charge < -0.3 is 10.4 Å². The van der Waals surface area contributed by atoms with E-state index in [9.17, 15) is 5.11 Å². The summed E-state index contributed by atoms with van der Waals surface area (Å²) in [5, 5.41) is 17.7. The zero-order chi connectivity index (χ0) is 14.8. The number of rotatable bonds is 4. The Hall–Kier alpha value is -1.20. The van der Waals surface area contributed by atoms with E-state index in [2.05, 4.69) is 17.4 Å². The maximum atomic E-state index is 9.65. The second-order valence-corrected chi connectivity index (χ2v) is 7.17. The molecule has 0 spiro atoms. The van der Waals surface area contributed by atoms with Gasteiger partial charge in [0, 0.05) is 15.4 Å². The smallest absolute Gasteiger partial charge is 0.152 e. The van der Waals surface area contributed by atoms with Gasteiger partial charge in [-0.25, -0.2) is 0 Å². The molecule has 2 nitrogen and oxygen atoms in total. The Morgan fingerprint density at radius 1 is 0.952 bits per heavy atom. The second kappa shape index (κ2) is 6.28. The molecule has 0 unspecified atom stereocenters. The predicted octanol–water partition coefficient (Wildman–Crippen LogP) is 6.02. The summed E-state index contributed by atoms with van der Waals surface area (Å²) >= 11 is 15.3. The molecule has 108 valence electrons. The van der Waals surface area contributed by atoms with E-state index in [0.717, 1.165) is 5.69 Å². The molecule has 0 saturated carbocycles. The van der Waals surface area contributed by atoms with Gasteiger partial charge in [0.05, 0.1) is 16.1 Å². The topological polar surface area (TPSA) is 32.3 Å². The largest absolute Gasteiger partial charge is 0.505 e. The Balaban J connectivity index is 1.96. The van der Waals surface area contributed by atoms with Crippen molar-refractivity contribution in [1.82, 2.24) is 0 Å². The summed E-state index contributed by atoms with van der Waals surface area (Å²) < 4.78 is 0. The molecule has 0 aliphatic carbocycles. The Morgan fingerprint density at radius 2 is 1.48 bits per heavy atom. The van der Waals surface area contributed by atoms with Gasteiger partial charge in [-0.05, 0) is 35.0 Å². The van der Waals surface area contributed by atoms with Crippen LogP contribution < -0.4 is 5.32 Å². The van der Waals surface area contributed by atoms with E-state index in [1.54, 1.807) is 34.8 Å². The third-order valence-electron chi connectivity index (χ3n) is 2.98. The molecule has 2 N–H and O–H groups in total. The van der Waals surface area contributed by atoms with Crippen LogP contribution in [-0.2, 0) is 0 Å². The number of nitrogens with one attached hydrogen (secondary N) is 1. The van der Waals surface area contributed by atoms with Gasteiger partial charge in [0.25, 0.3) is 0 Å². The number of phenols is 1. The quantitative estimate of drug-likeness (QED) is 0.560. The number of benzene rings is 1. The van der Waals surface area contributed by atoms with Crippen molar-refractivity contribution >= 4 is 51.6 Å². The van der Waals surface area contributed by atoms with E-state index in [1.165, 1.54) is 9.75 Å². The molecule has 1 aromatic carbocycles. The monoisotopic (exact) mass is 355 g/mol. The lowest BCUT2D eigenvalue weighted by molar-refractivity contribution is 0.476. The normalized spacial score (nSPS) is 11.0. The van der Waals surface area contributed by atoms with Crippen molar-refractivity contribution in [2.24, 2.45) is 0 Å². The van der Waals surface area contributed by atoms with E-state index in [-0.39, 0.29) is 21.8 Å². The molecular weight excluding hydrogens is 345 g/mol. The molecule has 0 bridgehead atoms. The SMILES string of the molecule is Oc1c(Cl)cc(NC(c2cccs2)c2cccs2)cc1Cl. The Labute approximate surface area is 140 Å². The minimum atomic E-state index is -0.0901. The lowest BCUT2D eigenvalue weighted by Crippen LogP contribution is -2.09. The molecule has 0 amide bonds. The van der Waals surface area contributed by atoms with Crippen LogP contribution in [0.1, 0.15) is 15.8 Å². The fraction of sp³-hybridized carbons (Fsp3) is 0.0667. The fourth-order valence-electron chi connectivity index (χ4n) is 2.01. The van der Waals surface area contributed by atoms with Gasteiger partial charge in [0.2, 0.25) is 0 Å². The van der Waals surface area contributed by atoms with Crippen molar-refractivity contribution in [3.05, 3.63) is 67.0 Å². The van der Waals surface area contributed by atoms with E-state index in [4.69, 9.17) is 23.2 Å². The predicted molar refractivity (Wildman–Crippen MR) is 92.2 cm³/mol. The molecule has 0 aliphatic rings. The number of phenolic OH excluding ortho intramolecular Hbond substituents is 1. The fourth-order valence-corrected chi connectivity index (χ4v) is 4.16. The lowest BCUT2D eigenvalue weighted by Gasteiger charge is -2.18. The Kier molecular flexibility index (Phi) is 4.40. The minimum Gasteiger partial charge on any atom is -0.505 e. The Bertz CT molecular complexity index is 669. The first-order chi connectivity index (χ1) is 10.1. The third kappa shape index (κ3) is 3.19. The van der Waals surface area contributed by atoms with Crippen LogP contribution in [0.3, 0.4) is 0 Å². The molecule has 2 heterocycles. The van der Waals surface area contributed by atoms with E-state index in [1.807, 2.05) is 22.9 Å². The lowest BCUT2D eigenvalue weighted by atomic mass is 10.2. The third-order valence-corrected chi connectivity index (χ3v) is 5.43. The van der Waals surface area contributed by atoms with Crippen molar-refractivity contribution in [2.45, 2.75) is 6.04 Å². The number of aromatic hydroxyl groups is 1. The van der Waals surface area contributed by atoms with Gasteiger partial charge in [-0.15, -0.1) is 22.7 Å². The van der Waals surface area contributed by atoms with Crippen LogP contribution >= 0.6 is 45.9 Å². The molecule has 0 radical (unpaired) electrons. The van der Waals surface area contributed by atoms with Crippen LogP contribution in [0.4, 0.5) is 5.69 Å². The summed E-state index contributed by atoms with van der Waals surface area (Å²) in [4.78, 5) is 2.41. The molecule has 6 heteroatoms. The molecule has 3 rings (SSSR count). The summed E-state index contributed by atoms with van der Waals surface area (Å²) in [5.74, 6) is -0.0901. The summed E-state index contributed by atoms with van der Waals surface area (Å²) in [6, 6.07) is 11.6. The van der Waals surface area contributed by atoms with Gasteiger partial charge >= 0.3 is 0 Å². The summed E-state index contributed by atoms with van der Waals surface area (Å²) in [6.07, 6.45) is 0. The maximum absolute atomic E-state index is 9.65. The van der Waals surface area contributed by atoms with Gasteiger partial charge in [-0.1, -0.05) is 35.3 Å². The number of hydrogen-bond acceptors (Lipinski definition) is 4. The molecule has 2 aromatic heterocycles. The minimum absolute atomic E-state index is 0.0432. The highest BCUT2D eigenvalue weighted by atomic mass is 35.5. The van der Waals surface area contributed by atoms with Crippen LogP contribution in [-0.4, -0.2) is 5.11 Å². The molecule has 0 aliphatic heterocycles. The van der Waals surface area contributed by atoms with Crippen molar-refractivity contribution in [2.75, 3.05) is 5.32 Å². The van der Waals surface area contributed by atoms with E-state index in [0.29, 0.717) is 0 Å². The summed E-state index contributed by atoms with van der Waals surface area (Å²) in [6.45, 7) is 0. The van der Waals surface area contributed by atoms with Crippen molar-refractivity contribution in [3.8, 4) is 5.75 Å². The first-order valence-corrected chi connectivity index (χ1v) is 8.68.